The summed E-state index contributed by atoms with van der Waals surface area (Å²) in [7, 11) is 0. The van der Waals surface area contributed by atoms with E-state index < -0.39 is 17.9 Å². The standard InChI is InChI=1S/C15H19N3O3/c1-2-3-8-17-13(15(20)21)9-14(19)18-12-7-5-4-6-11(12)10-16/h4-7,13,17H,2-3,8-9H2,1H3,(H,18,19)(H,20,21)/t13-/m1/s1. The molecule has 0 aliphatic carbocycles. The Bertz CT molecular complexity index is 537. The summed E-state index contributed by atoms with van der Waals surface area (Å²) >= 11 is 0. The molecule has 6 heteroatoms. The van der Waals surface area contributed by atoms with Crippen molar-refractivity contribution in [2.75, 3.05) is 11.9 Å². The van der Waals surface area contributed by atoms with Crippen molar-refractivity contribution in [1.29, 1.82) is 5.26 Å². The maximum atomic E-state index is 11.9. The molecule has 6 nitrogen and oxygen atoms in total. The van der Waals surface area contributed by atoms with Crippen molar-refractivity contribution in [3.63, 3.8) is 0 Å². The van der Waals surface area contributed by atoms with Crippen LogP contribution in [0.1, 0.15) is 31.7 Å². The quantitative estimate of drug-likeness (QED) is 0.621. The van der Waals surface area contributed by atoms with Crippen molar-refractivity contribution in [3.8, 4) is 6.07 Å². The number of nitrogens with two attached hydrogens (primary N) is 1. The van der Waals surface area contributed by atoms with Gasteiger partial charge < -0.3 is 20.5 Å². The summed E-state index contributed by atoms with van der Waals surface area (Å²) in [6, 6.07) is 7.63. The zero-order valence-electron chi connectivity index (χ0n) is 12.0. The summed E-state index contributed by atoms with van der Waals surface area (Å²) in [6.07, 6.45) is 1.65. The van der Waals surface area contributed by atoms with Crippen LogP contribution in [0.4, 0.5) is 5.69 Å². The Kier molecular flexibility index (Phi) is 6.92. The number of nitrogens with one attached hydrogen (secondary N) is 1. The van der Waals surface area contributed by atoms with Gasteiger partial charge in [0, 0.05) is 0 Å². The molecule has 0 fully saturated rings. The maximum absolute atomic E-state index is 11.9. The summed E-state index contributed by atoms with van der Waals surface area (Å²) in [5, 5.41) is 24.1. The Labute approximate surface area is 123 Å². The van der Waals surface area contributed by atoms with Gasteiger partial charge in [0.15, 0.2) is 0 Å². The lowest BCUT2D eigenvalue weighted by molar-refractivity contribution is -0.682. The first-order valence-corrected chi connectivity index (χ1v) is 6.91. The van der Waals surface area contributed by atoms with E-state index in [4.69, 9.17) is 5.26 Å². The van der Waals surface area contributed by atoms with Gasteiger partial charge in [-0.2, -0.15) is 5.26 Å². The van der Waals surface area contributed by atoms with Crippen LogP contribution < -0.4 is 15.7 Å². The predicted molar refractivity (Wildman–Crippen MR) is 74.9 cm³/mol. The van der Waals surface area contributed by atoms with Crippen molar-refractivity contribution in [1.82, 2.24) is 0 Å². The van der Waals surface area contributed by atoms with Gasteiger partial charge in [-0.15, -0.1) is 0 Å². The molecular weight excluding hydrogens is 270 g/mol. The first-order valence-electron chi connectivity index (χ1n) is 6.91. The van der Waals surface area contributed by atoms with Gasteiger partial charge in [0.25, 0.3) is 0 Å². The molecule has 0 saturated carbocycles. The van der Waals surface area contributed by atoms with Crippen LogP contribution in [0.15, 0.2) is 24.3 Å². The SMILES string of the molecule is CCCC[NH2+][C@H](CC(=O)Nc1ccccc1C#N)C(=O)[O-]. The largest absolute Gasteiger partial charge is 0.544 e. The van der Waals surface area contributed by atoms with Gasteiger partial charge >= 0.3 is 0 Å². The summed E-state index contributed by atoms with van der Waals surface area (Å²) in [4.78, 5) is 22.9. The molecule has 1 rings (SSSR count). The molecule has 0 spiro atoms. The summed E-state index contributed by atoms with van der Waals surface area (Å²) in [5.41, 5.74) is 0.724. The van der Waals surface area contributed by atoms with Crippen molar-refractivity contribution in [2.24, 2.45) is 0 Å². The van der Waals surface area contributed by atoms with E-state index >= 15 is 0 Å². The van der Waals surface area contributed by atoms with Gasteiger partial charge in [0.1, 0.15) is 12.1 Å². The molecule has 0 radical (unpaired) electrons. The molecule has 1 atom stereocenters. The topological polar surface area (TPSA) is 110 Å². The highest BCUT2D eigenvalue weighted by molar-refractivity contribution is 5.94. The van der Waals surface area contributed by atoms with Crippen LogP contribution in [0.2, 0.25) is 0 Å². The number of nitrogens with zero attached hydrogens (tertiary/aromatic N) is 1. The number of nitriles is 1. The Hall–Kier alpha value is -2.39. The van der Waals surface area contributed by atoms with Crippen LogP contribution in [-0.4, -0.2) is 24.5 Å². The smallest absolute Gasteiger partial charge is 0.230 e. The number of carboxylic acids is 1. The Morgan fingerprint density at radius 1 is 1.43 bits per heavy atom. The molecule has 0 unspecified atom stereocenters. The number of carbonyl (C=O) groups excluding carboxylic acids is 2. The van der Waals surface area contributed by atoms with Gasteiger partial charge in [0.05, 0.1) is 30.2 Å². The number of unbranched alkanes of at least 4 members (excludes halogenated alkanes) is 1. The van der Waals surface area contributed by atoms with E-state index in [1.807, 2.05) is 13.0 Å². The monoisotopic (exact) mass is 289 g/mol. The summed E-state index contributed by atoms with van der Waals surface area (Å²) in [6.45, 7) is 2.64. The first kappa shape index (κ1) is 16.7. The highest BCUT2D eigenvalue weighted by Gasteiger charge is 2.18. The second-order valence-corrected chi connectivity index (χ2v) is 4.71. The number of carbonyl (C=O) groups is 2. The van der Waals surface area contributed by atoms with Gasteiger partial charge in [-0.3, -0.25) is 4.79 Å². The van der Waals surface area contributed by atoms with Gasteiger partial charge in [-0.1, -0.05) is 25.5 Å². The van der Waals surface area contributed by atoms with Crippen LogP contribution in [0, 0.1) is 11.3 Å². The van der Waals surface area contributed by atoms with Gasteiger partial charge in [0.2, 0.25) is 5.91 Å². The Balaban J connectivity index is 2.62. The van der Waals surface area contributed by atoms with E-state index in [9.17, 15) is 14.7 Å². The van der Waals surface area contributed by atoms with Gasteiger partial charge in [-0.05, 0) is 18.6 Å². The van der Waals surface area contributed by atoms with Crippen LogP contribution in [0.3, 0.4) is 0 Å². The minimum Gasteiger partial charge on any atom is -0.544 e. The average Bonchev–Trinajstić information content (AvgIpc) is 2.46. The summed E-state index contributed by atoms with van der Waals surface area (Å²) in [5.74, 6) is -1.70. The number of benzene rings is 1. The zero-order valence-corrected chi connectivity index (χ0v) is 12.0. The number of aliphatic carboxylic acids is 1. The highest BCUT2D eigenvalue weighted by Crippen LogP contribution is 2.13. The molecule has 0 aromatic heterocycles. The Morgan fingerprint density at radius 2 is 2.14 bits per heavy atom. The lowest BCUT2D eigenvalue weighted by atomic mass is 10.1. The molecule has 1 aromatic carbocycles. The van der Waals surface area contributed by atoms with Crippen molar-refractivity contribution < 1.29 is 20.0 Å². The third-order valence-corrected chi connectivity index (χ3v) is 3.04. The van der Waals surface area contributed by atoms with Crippen LogP contribution in [-0.2, 0) is 9.59 Å². The van der Waals surface area contributed by atoms with E-state index in [2.05, 4.69) is 5.32 Å². The van der Waals surface area contributed by atoms with Crippen LogP contribution in [0.25, 0.3) is 0 Å². The number of anilines is 1. The van der Waals surface area contributed by atoms with Crippen molar-refractivity contribution in [2.45, 2.75) is 32.2 Å². The number of carboxylic acid groups (broad SMARTS) is 1. The highest BCUT2D eigenvalue weighted by atomic mass is 16.4. The fourth-order valence-electron chi connectivity index (χ4n) is 1.88. The number of amides is 1. The van der Waals surface area contributed by atoms with Gasteiger partial charge in [-0.25, -0.2) is 0 Å². The second-order valence-electron chi connectivity index (χ2n) is 4.71. The van der Waals surface area contributed by atoms with E-state index in [0.717, 1.165) is 12.8 Å². The number of para-hydroxylation sites is 1. The third-order valence-electron chi connectivity index (χ3n) is 3.04. The molecule has 1 aromatic rings. The molecule has 0 bridgehead atoms. The van der Waals surface area contributed by atoms with Crippen LogP contribution in [0.5, 0.6) is 0 Å². The van der Waals surface area contributed by atoms with E-state index in [0.29, 0.717) is 17.8 Å². The lowest BCUT2D eigenvalue weighted by Gasteiger charge is -2.16. The van der Waals surface area contributed by atoms with E-state index in [1.54, 1.807) is 29.6 Å². The van der Waals surface area contributed by atoms with E-state index in [-0.39, 0.29) is 6.42 Å². The molecule has 0 aliphatic rings. The number of hydrogen-bond acceptors (Lipinski definition) is 4. The number of quaternary nitrogens is 1. The van der Waals surface area contributed by atoms with Crippen LogP contribution >= 0.6 is 0 Å². The number of hydrogen-bond donors (Lipinski definition) is 2. The normalized spacial score (nSPS) is 11.4. The molecule has 21 heavy (non-hydrogen) atoms. The second kappa shape index (κ2) is 8.72. The zero-order chi connectivity index (χ0) is 15.7. The molecule has 3 N–H and O–H groups in total. The molecule has 0 heterocycles. The lowest BCUT2D eigenvalue weighted by Crippen LogP contribution is -2.93. The predicted octanol–water partition coefficient (Wildman–Crippen LogP) is -0.631. The molecule has 0 saturated heterocycles. The fraction of sp³-hybridized carbons (Fsp3) is 0.400. The minimum atomic E-state index is -1.25. The molecule has 0 aliphatic heterocycles. The summed E-state index contributed by atoms with van der Waals surface area (Å²) < 4.78 is 0. The van der Waals surface area contributed by atoms with Crippen molar-refractivity contribution >= 4 is 17.6 Å². The maximum Gasteiger partial charge on any atom is 0.230 e. The fourth-order valence-corrected chi connectivity index (χ4v) is 1.88. The van der Waals surface area contributed by atoms with E-state index in [1.165, 1.54) is 0 Å². The molecule has 112 valence electrons. The first-order chi connectivity index (χ1) is 10.1. The Morgan fingerprint density at radius 3 is 2.76 bits per heavy atom. The minimum absolute atomic E-state index is 0.189. The number of rotatable bonds is 8. The molecule has 1 amide bonds. The van der Waals surface area contributed by atoms with Crippen molar-refractivity contribution in [3.05, 3.63) is 29.8 Å². The third kappa shape index (κ3) is 5.63. The molecular formula is C15H19N3O3. The average molecular weight is 289 g/mol.